The number of carbonyl (C=O) groups is 1. The zero-order chi connectivity index (χ0) is 15.2. The molecule has 0 aliphatic rings. The lowest BCUT2D eigenvalue weighted by atomic mass is 10.2. The maximum atomic E-state index is 13.4. The minimum Gasteiger partial charge on any atom is -0.493 e. The fourth-order valence-corrected chi connectivity index (χ4v) is 1.67. The van der Waals surface area contributed by atoms with E-state index in [1.54, 1.807) is 6.07 Å². The summed E-state index contributed by atoms with van der Waals surface area (Å²) < 4.78 is 31.6. The third kappa shape index (κ3) is 4.45. The number of nitrogens with two attached hydrogens (primary N) is 1. The molecule has 3 N–H and O–H groups in total. The van der Waals surface area contributed by atoms with Gasteiger partial charge in [0.25, 0.3) is 0 Å². The quantitative estimate of drug-likeness (QED) is 0.833. The first-order chi connectivity index (χ1) is 10.0. The van der Waals surface area contributed by atoms with Crippen LogP contribution >= 0.6 is 0 Å². The average Bonchev–Trinajstić information content (AvgIpc) is 2.43. The summed E-state index contributed by atoms with van der Waals surface area (Å²) in [4.78, 5) is 11.7. The van der Waals surface area contributed by atoms with Crippen LogP contribution in [0, 0.1) is 11.6 Å². The van der Waals surface area contributed by atoms with Crippen LogP contribution in [0.15, 0.2) is 42.5 Å². The molecule has 2 rings (SSSR count). The molecule has 4 nitrogen and oxygen atoms in total. The Morgan fingerprint density at radius 2 is 2.00 bits per heavy atom. The summed E-state index contributed by atoms with van der Waals surface area (Å²) in [6.07, 6.45) is 0.00471. The first-order valence-corrected chi connectivity index (χ1v) is 6.28. The lowest BCUT2D eigenvalue weighted by Crippen LogP contribution is -2.16. The minimum atomic E-state index is -0.566. The highest BCUT2D eigenvalue weighted by molar-refractivity contribution is 5.91. The Morgan fingerprint density at radius 3 is 2.76 bits per heavy atom. The van der Waals surface area contributed by atoms with Gasteiger partial charge < -0.3 is 15.8 Å². The van der Waals surface area contributed by atoms with Crippen molar-refractivity contribution >= 4 is 17.3 Å². The van der Waals surface area contributed by atoms with Crippen molar-refractivity contribution in [1.29, 1.82) is 0 Å². The van der Waals surface area contributed by atoms with Crippen LogP contribution in [0.25, 0.3) is 0 Å². The number of hydrogen-bond acceptors (Lipinski definition) is 3. The van der Waals surface area contributed by atoms with E-state index in [0.29, 0.717) is 11.4 Å². The Morgan fingerprint density at radius 1 is 1.19 bits per heavy atom. The van der Waals surface area contributed by atoms with Crippen molar-refractivity contribution in [3.8, 4) is 5.75 Å². The van der Waals surface area contributed by atoms with Crippen molar-refractivity contribution < 1.29 is 18.3 Å². The van der Waals surface area contributed by atoms with Gasteiger partial charge in [0.05, 0.1) is 18.7 Å². The molecule has 0 unspecified atom stereocenters. The molecule has 0 bridgehead atoms. The van der Waals surface area contributed by atoms with Gasteiger partial charge in [-0.25, -0.2) is 8.78 Å². The minimum absolute atomic E-state index is 0.00471. The number of benzene rings is 2. The van der Waals surface area contributed by atoms with Crippen molar-refractivity contribution in [3.05, 3.63) is 54.1 Å². The Kier molecular flexibility index (Phi) is 4.71. The van der Waals surface area contributed by atoms with Crippen LogP contribution in [0.3, 0.4) is 0 Å². The molecule has 0 spiro atoms. The average molecular weight is 292 g/mol. The second kappa shape index (κ2) is 6.69. The molecular formula is C15H14F2N2O2. The molecule has 110 valence electrons. The Labute approximate surface area is 120 Å². The third-order valence-corrected chi connectivity index (χ3v) is 2.66. The molecule has 0 aliphatic heterocycles. The summed E-state index contributed by atoms with van der Waals surface area (Å²) in [6.45, 7) is 0.0548. The second-order valence-electron chi connectivity index (χ2n) is 4.34. The smallest absolute Gasteiger partial charge is 0.227 e. The molecule has 6 heteroatoms. The zero-order valence-corrected chi connectivity index (χ0v) is 11.1. The van der Waals surface area contributed by atoms with Crippen molar-refractivity contribution in [2.75, 3.05) is 17.7 Å². The lowest BCUT2D eigenvalue weighted by Gasteiger charge is -2.08. The van der Waals surface area contributed by atoms with Gasteiger partial charge in [-0.1, -0.05) is 6.07 Å². The van der Waals surface area contributed by atoms with Gasteiger partial charge in [-0.3, -0.25) is 4.79 Å². The number of rotatable bonds is 5. The number of ether oxygens (including phenoxy) is 1. The van der Waals surface area contributed by atoms with Gasteiger partial charge in [-0.2, -0.15) is 0 Å². The number of nitrogen functional groups attached to an aromatic ring is 1. The maximum absolute atomic E-state index is 13.4. The Bertz CT molecular complexity index is 647. The summed E-state index contributed by atoms with van der Waals surface area (Å²) in [5, 5.41) is 2.40. The SMILES string of the molecule is Nc1ccc(F)c(NC(=O)CCOc2cccc(F)c2)c1. The highest BCUT2D eigenvalue weighted by Gasteiger charge is 2.08. The van der Waals surface area contributed by atoms with Crippen LogP contribution in [-0.2, 0) is 4.79 Å². The van der Waals surface area contributed by atoms with E-state index in [-0.39, 0.29) is 18.7 Å². The van der Waals surface area contributed by atoms with E-state index < -0.39 is 17.5 Å². The molecule has 0 saturated carbocycles. The third-order valence-electron chi connectivity index (χ3n) is 2.66. The van der Waals surface area contributed by atoms with Gasteiger partial charge in [0.15, 0.2) is 0 Å². The van der Waals surface area contributed by atoms with Crippen molar-refractivity contribution in [2.24, 2.45) is 0 Å². The molecule has 21 heavy (non-hydrogen) atoms. The summed E-state index contributed by atoms with van der Waals surface area (Å²) in [5.41, 5.74) is 5.88. The van der Waals surface area contributed by atoms with Gasteiger partial charge in [0.1, 0.15) is 17.4 Å². The van der Waals surface area contributed by atoms with Gasteiger partial charge in [0.2, 0.25) is 5.91 Å². The summed E-state index contributed by atoms with van der Waals surface area (Å²) in [6, 6.07) is 9.51. The fraction of sp³-hybridized carbons (Fsp3) is 0.133. The van der Waals surface area contributed by atoms with Crippen LogP contribution in [0.5, 0.6) is 5.75 Å². The van der Waals surface area contributed by atoms with Crippen LogP contribution in [0.4, 0.5) is 20.2 Å². The van der Waals surface area contributed by atoms with Gasteiger partial charge in [0, 0.05) is 11.8 Å². The van der Waals surface area contributed by atoms with E-state index in [4.69, 9.17) is 10.5 Å². The molecule has 0 aromatic heterocycles. The highest BCUT2D eigenvalue weighted by atomic mass is 19.1. The molecule has 0 aliphatic carbocycles. The predicted octanol–water partition coefficient (Wildman–Crippen LogP) is 2.95. The molecule has 0 atom stereocenters. The number of anilines is 2. The van der Waals surface area contributed by atoms with Gasteiger partial charge in [-0.15, -0.1) is 0 Å². The molecular weight excluding hydrogens is 278 g/mol. The standard InChI is InChI=1S/C15H14F2N2O2/c16-10-2-1-3-12(8-10)21-7-6-15(20)19-14-9-11(18)4-5-13(14)17/h1-5,8-9H,6-7,18H2,(H,19,20). The van der Waals surface area contributed by atoms with E-state index in [1.807, 2.05) is 0 Å². The van der Waals surface area contributed by atoms with Crippen LogP contribution in [-0.4, -0.2) is 12.5 Å². The Balaban J connectivity index is 1.84. The highest BCUT2D eigenvalue weighted by Crippen LogP contribution is 2.17. The molecule has 2 aromatic carbocycles. The van der Waals surface area contributed by atoms with E-state index in [2.05, 4.69) is 5.32 Å². The zero-order valence-electron chi connectivity index (χ0n) is 11.1. The van der Waals surface area contributed by atoms with E-state index in [0.717, 1.165) is 0 Å². The normalized spacial score (nSPS) is 10.2. The first-order valence-electron chi connectivity index (χ1n) is 6.28. The topological polar surface area (TPSA) is 64.3 Å². The molecule has 2 aromatic rings. The molecule has 0 radical (unpaired) electrons. The number of hydrogen-bond donors (Lipinski definition) is 2. The van der Waals surface area contributed by atoms with Crippen molar-refractivity contribution in [2.45, 2.75) is 6.42 Å². The van der Waals surface area contributed by atoms with Crippen LogP contribution in [0.2, 0.25) is 0 Å². The van der Waals surface area contributed by atoms with Gasteiger partial charge in [-0.05, 0) is 30.3 Å². The number of amides is 1. The molecule has 0 fully saturated rings. The van der Waals surface area contributed by atoms with Crippen molar-refractivity contribution in [1.82, 2.24) is 0 Å². The van der Waals surface area contributed by atoms with Gasteiger partial charge >= 0.3 is 0 Å². The number of halogens is 2. The lowest BCUT2D eigenvalue weighted by molar-refractivity contribution is -0.116. The fourth-order valence-electron chi connectivity index (χ4n) is 1.67. The number of carbonyl (C=O) groups excluding carboxylic acids is 1. The largest absolute Gasteiger partial charge is 0.493 e. The van der Waals surface area contributed by atoms with Crippen LogP contribution < -0.4 is 15.8 Å². The monoisotopic (exact) mass is 292 g/mol. The predicted molar refractivity (Wildman–Crippen MR) is 76.0 cm³/mol. The molecule has 0 heterocycles. The first kappa shape index (κ1) is 14.8. The number of nitrogens with one attached hydrogen (secondary N) is 1. The molecule has 1 amide bonds. The summed E-state index contributed by atoms with van der Waals surface area (Å²) >= 11 is 0. The van der Waals surface area contributed by atoms with E-state index in [1.165, 1.54) is 36.4 Å². The van der Waals surface area contributed by atoms with E-state index >= 15 is 0 Å². The van der Waals surface area contributed by atoms with Crippen molar-refractivity contribution in [3.63, 3.8) is 0 Å². The van der Waals surface area contributed by atoms with Crippen LogP contribution in [0.1, 0.15) is 6.42 Å². The Hall–Kier alpha value is -2.63. The summed E-state index contributed by atoms with van der Waals surface area (Å²) in [7, 11) is 0. The maximum Gasteiger partial charge on any atom is 0.227 e. The van der Waals surface area contributed by atoms with E-state index in [9.17, 15) is 13.6 Å². The summed E-state index contributed by atoms with van der Waals surface area (Å²) in [5.74, 6) is -1.07. The molecule has 0 saturated heterocycles. The second-order valence-corrected chi connectivity index (χ2v) is 4.34.